The predicted molar refractivity (Wildman–Crippen MR) is 83.3 cm³/mol. The maximum absolute atomic E-state index is 11.5. The van der Waals surface area contributed by atoms with E-state index in [0.29, 0.717) is 13.1 Å². The first-order chi connectivity index (χ1) is 10.4. The number of nitrogens with one attached hydrogen (secondary N) is 2. The first-order valence-electron chi connectivity index (χ1n) is 7.24. The van der Waals surface area contributed by atoms with Crippen molar-refractivity contribution in [3.63, 3.8) is 0 Å². The average molecular weight is 308 g/mol. The molecule has 0 unspecified atom stereocenters. The van der Waals surface area contributed by atoms with Crippen molar-refractivity contribution >= 4 is 12.1 Å². The molecule has 6 nitrogen and oxygen atoms in total. The second-order valence-corrected chi connectivity index (χ2v) is 5.75. The number of rotatable bonds is 7. The molecule has 1 amide bonds. The standard InChI is InChI=1S/C16H24N2O4/c1-16(2,3)22-15(20)18-10-9-17-11-14(19)21-12-13-7-5-4-6-8-13/h4-8,17H,9-12H2,1-3H3,(H,18,20). The summed E-state index contributed by atoms with van der Waals surface area (Å²) in [6.07, 6.45) is -0.471. The van der Waals surface area contributed by atoms with Crippen LogP contribution in [0.5, 0.6) is 0 Å². The summed E-state index contributed by atoms with van der Waals surface area (Å²) < 4.78 is 10.2. The van der Waals surface area contributed by atoms with Crippen molar-refractivity contribution in [2.24, 2.45) is 0 Å². The fraction of sp³-hybridized carbons (Fsp3) is 0.500. The molecule has 2 N–H and O–H groups in total. The molecule has 0 aliphatic rings. The quantitative estimate of drug-likeness (QED) is 0.594. The third-order valence-corrected chi connectivity index (χ3v) is 2.48. The number of hydrogen-bond acceptors (Lipinski definition) is 5. The van der Waals surface area contributed by atoms with Crippen LogP contribution in [0.1, 0.15) is 26.3 Å². The van der Waals surface area contributed by atoms with Crippen molar-refractivity contribution in [1.82, 2.24) is 10.6 Å². The molecular formula is C16H24N2O4. The van der Waals surface area contributed by atoms with E-state index < -0.39 is 11.7 Å². The van der Waals surface area contributed by atoms with Crippen LogP contribution in [0.15, 0.2) is 30.3 Å². The summed E-state index contributed by atoms with van der Waals surface area (Å²) in [7, 11) is 0. The molecule has 0 atom stereocenters. The number of ether oxygens (including phenoxy) is 2. The van der Waals surface area contributed by atoms with Gasteiger partial charge in [0.15, 0.2) is 0 Å². The highest BCUT2D eigenvalue weighted by atomic mass is 16.6. The SMILES string of the molecule is CC(C)(C)OC(=O)NCCNCC(=O)OCc1ccccc1. The minimum Gasteiger partial charge on any atom is -0.460 e. The van der Waals surface area contributed by atoms with Crippen molar-refractivity contribution < 1.29 is 19.1 Å². The largest absolute Gasteiger partial charge is 0.460 e. The van der Waals surface area contributed by atoms with Gasteiger partial charge >= 0.3 is 12.1 Å². The van der Waals surface area contributed by atoms with Crippen molar-refractivity contribution in [1.29, 1.82) is 0 Å². The topological polar surface area (TPSA) is 76.7 Å². The Labute approximate surface area is 131 Å². The third-order valence-electron chi connectivity index (χ3n) is 2.48. The van der Waals surface area contributed by atoms with Crippen molar-refractivity contribution in [2.45, 2.75) is 33.0 Å². The Morgan fingerprint density at radius 1 is 1.09 bits per heavy atom. The van der Waals surface area contributed by atoms with Crippen LogP contribution in [0.3, 0.4) is 0 Å². The lowest BCUT2D eigenvalue weighted by Crippen LogP contribution is -2.37. The summed E-state index contributed by atoms with van der Waals surface area (Å²) in [5, 5.41) is 5.49. The predicted octanol–water partition coefficient (Wildman–Crippen LogP) is 1.84. The number of alkyl carbamates (subject to hydrolysis) is 1. The van der Waals surface area contributed by atoms with Gasteiger partial charge in [0.2, 0.25) is 0 Å². The van der Waals surface area contributed by atoms with E-state index in [-0.39, 0.29) is 19.1 Å². The molecule has 0 spiro atoms. The molecule has 0 aliphatic carbocycles. The second kappa shape index (κ2) is 9.04. The van der Waals surface area contributed by atoms with Crippen molar-refractivity contribution in [3.05, 3.63) is 35.9 Å². The lowest BCUT2D eigenvalue weighted by atomic mass is 10.2. The van der Waals surface area contributed by atoms with Gasteiger partial charge in [-0.1, -0.05) is 30.3 Å². The summed E-state index contributed by atoms with van der Waals surface area (Å²) in [5.41, 5.74) is 0.432. The van der Waals surface area contributed by atoms with Gasteiger partial charge in [0.25, 0.3) is 0 Å². The number of hydrogen-bond donors (Lipinski definition) is 2. The Kier molecular flexibility index (Phi) is 7.39. The van der Waals surface area contributed by atoms with E-state index in [1.807, 2.05) is 30.3 Å². The van der Waals surface area contributed by atoms with Crippen LogP contribution >= 0.6 is 0 Å². The maximum atomic E-state index is 11.5. The Morgan fingerprint density at radius 2 is 1.77 bits per heavy atom. The molecule has 1 rings (SSSR count). The Hall–Kier alpha value is -2.08. The smallest absolute Gasteiger partial charge is 0.407 e. The van der Waals surface area contributed by atoms with Crippen LogP contribution in [0.4, 0.5) is 4.79 Å². The van der Waals surface area contributed by atoms with Gasteiger partial charge in [0.1, 0.15) is 12.2 Å². The summed E-state index contributed by atoms with van der Waals surface area (Å²) in [6.45, 7) is 6.59. The molecule has 122 valence electrons. The number of carbonyl (C=O) groups is 2. The maximum Gasteiger partial charge on any atom is 0.407 e. The van der Waals surface area contributed by atoms with Gasteiger partial charge in [-0.25, -0.2) is 4.79 Å². The third kappa shape index (κ3) is 8.97. The molecule has 0 aromatic heterocycles. The molecule has 0 fully saturated rings. The van der Waals surface area contributed by atoms with E-state index in [4.69, 9.17) is 9.47 Å². The molecule has 0 radical (unpaired) electrons. The minimum atomic E-state index is -0.515. The number of amides is 1. The lowest BCUT2D eigenvalue weighted by molar-refractivity contribution is -0.143. The van der Waals surface area contributed by atoms with E-state index in [2.05, 4.69) is 10.6 Å². The molecule has 22 heavy (non-hydrogen) atoms. The van der Waals surface area contributed by atoms with Crippen LogP contribution in [0.2, 0.25) is 0 Å². The van der Waals surface area contributed by atoms with Crippen LogP contribution in [-0.2, 0) is 20.9 Å². The molecule has 1 aromatic rings. The van der Waals surface area contributed by atoms with Crippen LogP contribution in [0, 0.1) is 0 Å². The summed E-state index contributed by atoms with van der Waals surface area (Å²) in [5.74, 6) is -0.332. The molecule has 0 saturated heterocycles. The van der Waals surface area contributed by atoms with Crippen LogP contribution in [0.25, 0.3) is 0 Å². The van der Waals surface area contributed by atoms with E-state index in [1.165, 1.54) is 0 Å². The molecule has 0 bridgehead atoms. The number of carbonyl (C=O) groups excluding carboxylic acids is 2. The molecule has 0 saturated carbocycles. The number of esters is 1. The Morgan fingerprint density at radius 3 is 2.41 bits per heavy atom. The van der Waals surface area contributed by atoms with Gasteiger partial charge in [-0.05, 0) is 26.3 Å². The lowest BCUT2D eigenvalue weighted by Gasteiger charge is -2.19. The normalized spacial score (nSPS) is 10.9. The van der Waals surface area contributed by atoms with Gasteiger partial charge in [-0.2, -0.15) is 0 Å². The minimum absolute atomic E-state index is 0.100. The average Bonchev–Trinajstić information content (AvgIpc) is 2.44. The van der Waals surface area contributed by atoms with Crippen LogP contribution < -0.4 is 10.6 Å². The fourth-order valence-corrected chi connectivity index (χ4v) is 1.55. The summed E-state index contributed by atoms with van der Waals surface area (Å²) in [6, 6.07) is 9.48. The first kappa shape index (κ1) is 18.0. The highest BCUT2D eigenvalue weighted by Gasteiger charge is 2.15. The molecule has 0 aliphatic heterocycles. The van der Waals surface area contributed by atoms with Gasteiger partial charge < -0.3 is 20.1 Å². The van der Waals surface area contributed by atoms with Gasteiger partial charge in [-0.15, -0.1) is 0 Å². The van der Waals surface area contributed by atoms with Gasteiger partial charge in [0.05, 0.1) is 6.54 Å². The highest BCUT2D eigenvalue weighted by Crippen LogP contribution is 2.06. The Bertz CT molecular complexity index is 469. The monoisotopic (exact) mass is 308 g/mol. The summed E-state index contributed by atoms with van der Waals surface area (Å²) in [4.78, 5) is 22.9. The van der Waals surface area contributed by atoms with E-state index >= 15 is 0 Å². The van der Waals surface area contributed by atoms with E-state index in [9.17, 15) is 9.59 Å². The van der Waals surface area contributed by atoms with Crippen molar-refractivity contribution in [2.75, 3.05) is 19.6 Å². The van der Waals surface area contributed by atoms with Crippen LogP contribution in [-0.4, -0.2) is 37.3 Å². The summed E-state index contributed by atoms with van der Waals surface area (Å²) >= 11 is 0. The van der Waals surface area contributed by atoms with Crippen molar-refractivity contribution in [3.8, 4) is 0 Å². The first-order valence-corrected chi connectivity index (χ1v) is 7.24. The number of benzene rings is 1. The zero-order chi connectivity index (χ0) is 16.4. The zero-order valence-electron chi connectivity index (χ0n) is 13.3. The molecule has 0 heterocycles. The van der Waals surface area contributed by atoms with Gasteiger partial charge in [-0.3, -0.25) is 4.79 Å². The van der Waals surface area contributed by atoms with Gasteiger partial charge in [0, 0.05) is 13.1 Å². The van der Waals surface area contributed by atoms with E-state index in [1.54, 1.807) is 20.8 Å². The second-order valence-electron chi connectivity index (χ2n) is 5.75. The molecular weight excluding hydrogens is 284 g/mol. The fourth-order valence-electron chi connectivity index (χ4n) is 1.55. The Balaban J connectivity index is 2.04. The highest BCUT2D eigenvalue weighted by molar-refractivity contribution is 5.71. The zero-order valence-corrected chi connectivity index (χ0v) is 13.3. The molecule has 1 aromatic carbocycles. The van der Waals surface area contributed by atoms with E-state index in [0.717, 1.165) is 5.56 Å². The molecule has 6 heteroatoms.